The summed E-state index contributed by atoms with van der Waals surface area (Å²) in [5.74, 6) is -0.991. The van der Waals surface area contributed by atoms with E-state index in [2.05, 4.69) is 22.4 Å². The van der Waals surface area contributed by atoms with Crippen LogP contribution in [0.25, 0.3) is 0 Å². The van der Waals surface area contributed by atoms with Crippen molar-refractivity contribution in [3.8, 4) is 0 Å². The van der Waals surface area contributed by atoms with Gasteiger partial charge in [-0.3, -0.25) is 9.59 Å². The predicted octanol–water partition coefficient (Wildman–Crippen LogP) is 2.89. The largest absolute Gasteiger partial charge is 0.481 e. The first kappa shape index (κ1) is 18.1. The van der Waals surface area contributed by atoms with Crippen LogP contribution in [0, 0.1) is 5.41 Å². The Morgan fingerprint density at radius 3 is 2.62 bits per heavy atom. The molecule has 24 heavy (non-hydrogen) atoms. The summed E-state index contributed by atoms with van der Waals surface area (Å²) < 4.78 is 0. The summed E-state index contributed by atoms with van der Waals surface area (Å²) in [4.78, 5) is 27.5. The average molecular weight is 346 g/mol. The molecule has 0 saturated heterocycles. The van der Waals surface area contributed by atoms with E-state index >= 15 is 0 Å². The molecular weight excluding hydrogens is 324 g/mol. The van der Waals surface area contributed by atoms with Crippen LogP contribution < -0.4 is 5.32 Å². The molecule has 1 heterocycles. The van der Waals surface area contributed by atoms with E-state index in [1.54, 1.807) is 25.2 Å². The second-order valence-corrected chi connectivity index (χ2v) is 7.30. The maximum absolute atomic E-state index is 11.9. The molecule has 0 aliphatic rings. The van der Waals surface area contributed by atoms with Crippen LogP contribution in [0.3, 0.4) is 0 Å². The molecule has 1 aromatic carbocycles. The van der Waals surface area contributed by atoms with E-state index in [1.165, 1.54) is 5.56 Å². The van der Waals surface area contributed by atoms with Crippen LogP contribution in [0.2, 0.25) is 0 Å². The summed E-state index contributed by atoms with van der Waals surface area (Å²) in [5, 5.41) is 14.7. The lowest BCUT2D eigenvalue weighted by Crippen LogP contribution is -2.32. The number of carbonyl (C=O) groups is 2. The van der Waals surface area contributed by atoms with Crippen molar-refractivity contribution in [2.24, 2.45) is 5.41 Å². The monoisotopic (exact) mass is 346 g/mol. The number of aliphatic carboxylic acids is 1. The van der Waals surface area contributed by atoms with Crippen molar-refractivity contribution in [3.63, 3.8) is 0 Å². The van der Waals surface area contributed by atoms with Crippen molar-refractivity contribution in [1.29, 1.82) is 0 Å². The van der Waals surface area contributed by atoms with Crippen molar-refractivity contribution >= 4 is 23.2 Å². The van der Waals surface area contributed by atoms with E-state index in [4.69, 9.17) is 5.11 Å². The van der Waals surface area contributed by atoms with E-state index in [0.29, 0.717) is 13.0 Å². The second kappa shape index (κ2) is 8.06. The first-order valence-electron chi connectivity index (χ1n) is 7.84. The fraction of sp³-hybridized carbons (Fsp3) is 0.389. The molecule has 0 spiro atoms. The Kier molecular flexibility index (Phi) is 6.09. The van der Waals surface area contributed by atoms with Gasteiger partial charge in [-0.2, -0.15) is 0 Å². The molecule has 1 amide bonds. The molecule has 0 unspecified atom stereocenters. The molecule has 2 rings (SSSR count). The Morgan fingerprint density at radius 1 is 1.25 bits per heavy atom. The van der Waals surface area contributed by atoms with Crippen molar-refractivity contribution in [2.45, 2.75) is 33.1 Å². The number of hydrogen-bond donors (Lipinski definition) is 2. The Hall–Kier alpha value is -2.21. The number of thiazole rings is 1. The van der Waals surface area contributed by atoms with E-state index in [-0.39, 0.29) is 12.3 Å². The van der Waals surface area contributed by atoms with Crippen LogP contribution in [0.4, 0.5) is 0 Å². The van der Waals surface area contributed by atoms with Gasteiger partial charge in [0.2, 0.25) is 5.91 Å². The molecular formula is C18H22N2O3S. The number of hydrogen-bond acceptors (Lipinski definition) is 4. The molecule has 0 aliphatic heterocycles. The topological polar surface area (TPSA) is 79.3 Å². The molecule has 128 valence electrons. The van der Waals surface area contributed by atoms with Gasteiger partial charge in [0.15, 0.2) is 0 Å². The highest BCUT2D eigenvalue weighted by molar-refractivity contribution is 7.09. The first-order chi connectivity index (χ1) is 11.4. The normalized spacial score (nSPS) is 11.2. The maximum atomic E-state index is 11.9. The van der Waals surface area contributed by atoms with Crippen molar-refractivity contribution < 1.29 is 14.7 Å². The number of nitrogens with zero attached hydrogens (tertiary/aromatic N) is 1. The van der Waals surface area contributed by atoms with Crippen LogP contribution in [0.15, 0.2) is 35.7 Å². The summed E-state index contributed by atoms with van der Waals surface area (Å²) in [6.07, 6.45) is 1.38. The van der Waals surface area contributed by atoms with Crippen LogP contribution in [-0.4, -0.2) is 28.5 Å². The van der Waals surface area contributed by atoms with Gasteiger partial charge in [-0.05, 0) is 25.8 Å². The molecule has 6 heteroatoms. The van der Waals surface area contributed by atoms with E-state index in [1.807, 2.05) is 23.6 Å². The number of carboxylic acid groups (broad SMARTS) is 1. The van der Waals surface area contributed by atoms with Gasteiger partial charge in [0, 0.05) is 18.3 Å². The Balaban J connectivity index is 1.79. The van der Waals surface area contributed by atoms with Gasteiger partial charge in [-0.1, -0.05) is 30.3 Å². The van der Waals surface area contributed by atoms with Gasteiger partial charge >= 0.3 is 5.97 Å². The molecule has 2 aromatic rings. The number of benzene rings is 1. The molecule has 2 N–H and O–H groups in total. The lowest BCUT2D eigenvalue weighted by Gasteiger charge is -2.18. The van der Waals surface area contributed by atoms with Gasteiger partial charge in [-0.15, -0.1) is 11.3 Å². The quantitative estimate of drug-likeness (QED) is 0.770. The zero-order valence-electron chi connectivity index (χ0n) is 13.9. The molecule has 0 radical (unpaired) electrons. The molecule has 0 atom stereocenters. The maximum Gasteiger partial charge on any atom is 0.309 e. The van der Waals surface area contributed by atoms with Crippen LogP contribution >= 0.6 is 11.3 Å². The molecule has 0 saturated carbocycles. The molecule has 0 aliphatic carbocycles. The minimum absolute atomic E-state index is 0.132. The first-order valence-corrected chi connectivity index (χ1v) is 8.72. The minimum atomic E-state index is -0.859. The highest BCUT2D eigenvalue weighted by Gasteiger charge is 2.26. The highest BCUT2D eigenvalue weighted by Crippen LogP contribution is 2.19. The third kappa shape index (κ3) is 5.45. The highest BCUT2D eigenvalue weighted by atomic mass is 32.1. The standard InChI is InChI=1S/C18H22N2O3S/c1-18(2,17(22)23)8-9-19-15(21)11-14-12-24-16(20-14)10-13-6-4-3-5-7-13/h3-7,12H,8-11H2,1-2H3,(H,19,21)(H,22,23). The molecule has 5 nitrogen and oxygen atoms in total. The zero-order chi connectivity index (χ0) is 17.6. The second-order valence-electron chi connectivity index (χ2n) is 6.36. The number of nitrogens with one attached hydrogen (secondary N) is 1. The predicted molar refractivity (Wildman–Crippen MR) is 94.1 cm³/mol. The molecule has 0 fully saturated rings. The summed E-state index contributed by atoms with van der Waals surface area (Å²) in [5.41, 5.74) is 1.11. The Labute approximate surface area is 145 Å². The van der Waals surface area contributed by atoms with Crippen molar-refractivity contribution in [2.75, 3.05) is 6.54 Å². The fourth-order valence-corrected chi connectivity index (χ4v) is 2.96. The number of rotatable bonds is 8. The zero-order valence-corrected chi connectivity index (χ0v) is 14.7. The van der Waals surface area contributed by atoms with E-state index in [0.717, 1.165) is 17.1 Å². The van der Waals surface area contributed by atoms with Crippen LogP contribution in [-0.2, 0) is 22.4 Å². The van der Waals surface area contributed by atoms with Gasteiger partial charge in [0.25, 0.3) is 0 Å². The lowest BCUT2D eigenvalue weighted by atomic mass is 9.90. The third-order valence-corrected chi connectivity index (χ3v) is 4.69. The lowest BCUT2D eigenvalue weighted by molar-refractivity contribution is -0.147. The van der Waals surface area contributed by atoms with E-state index < -0.39 is 11.4 Å². The Morgan fingerprint density at radius 2 is 1.96 bits per heavy atom. The molecule has 1 aromatic heterocycles. The van der Waals surface area contributed by atoms with Crippen LogP contribution in [0.5, 0.6) is 0 Å². The summed E-state index contributed by atoms with van der Waals surface area (Å²) in [6.45, 7) is 3.65. The fourth-order valence-electron chi connectivity index (χ4n) is 2.13. The summed E-state index contributed by atoms with van der Waals surface area (Å²) in [6, 6.07) is 10.1. The number of aromatic nitrogens is 1. The molecule has 0 bridgehead atoms. The van der Waals surface area contributed by atoms with Gasteiger partial charge in [0.1, 0.15) is 0 Å². The number of carbonyl (C=O) groups excluding carboxylic acids is 1. The SMILES string of the molecule is CC(C)(CCNC(=O)Cc1csc(Cc2ccccc2)n1)C(=O)O. The van der Waals surface area contributed by atoms with Gasteiger partial charge < -0.3 is 10.4 Å². The smallest absolute Gasteiger partial charge is 0.309 e. The van der Waals surface area contributed by atoms with Crippen molar-refractivity contribution in [1.82, 2.24) is 10.3 Å². The average Bonchev–Trinajstić information content (AvgIpc) is 2.94. The third-order valence-electron chi connectivity index (χ3n) is 3.79. The number of carboxylic acids is 1. The van der Waals surface area contributed by atoms with Crippen LogP contribution in [0.1, 0.15) is 36.5 Å². The minimum Gasteiger partial charge on any atom is -0.481 e. The van der Waals surface area contributed by atoms with Gasteiger partial charge in [-0.25, -0.2) is 4.98 Å². The summed E-state index contributed by atoms with van der Waals surface area (Å²) in [7, 11) is 0. The Bertz CT molecular complexity index is 695. The van der Waals surface area contributed by atoms with Gasteiger partial charge in [0.05, 0.1) is 22.5 Å². The number of amides is 1. The van der Waals surface area contributed by atoms with E-state index in [9.17, 15) is 9.59 Å². The summed E-state index contributed by atoms with van der Waals surface area (Å²) >= 11 is 1.55. The van der Waals surface area contributed by atoms with Crippen molar-refractivity contribution in [3.05, 3.63) is 52.0 Å².